The fraction of sp³-hybridized carbons (Fsp3) is 0.182. The first-order valence-electron chi connectivity index (χ1n) is 5.09. The van der Waals surface area contributed by atoms with E-state index in [9.17, 15) is 4.79 Å². The minimum absolute atomic E-state index is 0.187. The van der Waals surface area contributed by atoms with Crippen LogP contribution >= 0.6 is 11.6 Å². The molecule has 6 heteroatoms. The van der Waals surface area contributed by atoms with E-state index in [0.29, 0.717) is 5.02 Å². The first kappa shape index (κ1) is 11.6. The minimum Gasteiger partial charge on any atom is -0.344 e. The second kappa shape index (κ2) is 4.97. The van der Waals surface area contributed by atoms with Gasteiger partial charge in [-0.2, -0.15) is 15.4 Å². The summed E-state index contributed by atoms with van der Waals surface area (Å²) < 4.78 is 0. The fourth-order valence-corrected chi connectivity index (χ4v) is 1.79. The van der Waals surface area contributed by atoms with Crippen LogP contribution in [0.3, 0.4) is 0 Å². The highest BCUT2D eigenvalue weighted by Crippen LogP contribution is 2.22. The molecule has 17 heavy (non-hydrogen) atoms. The van der Waals surface area contributed by atoms with Crippen LogP contribution in [0.15, 0.2) is 30.5 Å². The van der Waals surface area contributed by atoms with Gasteiger partial charge in [-0.3, -0.25) is 4.79 Å². The number of hydrogen-bond donors (Lipinski definition) is 2. The lowest BCUT2D eigenvalue weighted by Gasteiger charge is -2.14. The molecule has 0 fully saturated rings. The summed E-state index contributed by atoms with van der Waals surface area (Å²) in [6, 6.07) is 7.19. The van der Waals surface area contributed by atoms with Crippen molar-refractivity contribution in [2.45, 2.75) is 13.0 Å². The van der Waals surface area contributed by atoms with Crippen LogP contribution in [0.25, 0.3) is 0 Å². The molecule has 0 aliphatic rings. The Morgan fingerprint density at radius 2 is 2.24 bits per heavy atom. The molecule has 1 aromatic heterocycles. The van der Waals surface area contributed by atoms with Crippen molar-refractivity contribution in [3.63, 3.8) is 0 Å². The number of benzene rings is 1. The zero-order valence-electron chi connectivity index (χ0n) is 9.14. The Bertz CT molecular complexity index is 512. The standard InChI is InChI=1S/C11H11ClN4O/c1-7(8-4-2-3-5-9(8)12)14-11(17)10-6-13-16-15-10/h2-7H,1H3,(H,14,17)(H,13,15,16). The van der Waals surface area contributed by atoms with E-state index in [1.54, 1.807) is 6.07 Å². The average molecular weight is 251 g/mol. The third-order valence-corrected chi connectivity index (χ3v) is 2.71. The molecular weight excluding hydrogens is 240 g/mol. The average Bonchev–Trinajstić information content (AvgIpc) is 2.82. The third kappa shape index (κ3) is 2.62. The summed E-state index contributed by atoms with van der Waals surface area (Å²) in [5, 5.41) is 13.1. The monoisotopic (exact) mass is 250 g/mol. The van der Waals surface area contributed by atoms with Gasteiger partial charge < -0.3 is 5.32 Å². The highest BCUT2D eigenvalue weighted by atomic mass is 35.5. The molecule has 0 aliphatic carbocycles. The number of carbonyl (C=O) groups excluding carboxylic acids is 1. The number of nitrogens with one attached hydrogen (secondary N) is 2. The number of halogens is 1. The van der Waals surface area contributed by atoms with Gasteiger partial charge in [-0.1, -0.05) is 29.8 Å². The number of H-pyrrole nitrogens is 1. The summed E-state index contributed by atoms with van der Waals surface area (Å²) in [4.78, 5) is 11.7. The van der Waals surface area contributed by atoms with E-state index in [1.807, 2.05) is 25.1 Å². The molecule has 5 nitrogen and oxygen atoms in total. The van der Waals surface area contributed by atoms with Gasteiger partial charge in [-0.15, -0.1) is 0 Å². The molecule has 1 heterocycles. The van der Waals surface area contributed by atoms with Gasteiger partial charge >= 0.3 is 0 Å². The zero-order chi connectivity index (χ0) is 12.3. The zero-order valence-corrected chi connectivity index (χ0v) is 9.90. The molecule has 0 bridgehead atoms. The summed E-state index contributed by atoms with van der Waals surface area (Å²) in [7, 11) is 0. The molecule has 1 unspecified atom stereocenters. The van der Waals surface area contributed by atoms with E-state index >= 15 is 0 Å². The van der Waals surface area contributed by atoms with Gasteiger partial charge in [0.1, 0.15) is 0 Å². The van der Waals surface area contributed by atoms with Crippen LogP contribution in [0.2, 0.25) is 5.02 Å². The third-order valence-electron chi connectivity index (χ3n) is 2.37. The van der Waals surface area contributed by atoms with Gasteiger partial charge in [-0.25, -0.2) is 0 Å². The van der Waals surface area contributed by atoms with Gasteiger partial charge in [0.15, 0.2) is 5.69 Å². The summed E-state index contributed by atoms with van der Waals surface area (Å²) in [6.07, 6.45) is 1.37. The van der Waals surface area contributed by atoms with Gasteiger partial charge in [0, 0.05) is 5.02 Å². The number of aromatic nitrogens is 3. The highest BCUT2D eigenvalue weighted by Gasteiger charge is 2.14. The minimum atomic E-state index is -0.286. The molecule has 2 N–H and O–H groups in total. The molecule has 2 rings (SSSR count). The fourth-order valence-electron chi connectivity index (χ4n) is 1.49. The maximum atomic E-state index is 11.7. The number of rotatable bonds is 3. The molecule has 1 aromatic carbocycles. The molecule has 0 saturated heterocycles. The van der Waals surface area contributed by atoms with Crippen LogP contribution in [0.1, 0.15) is 29.0 Å². The topological polar surface area (TPSA) is 70.7 Å². The summed E-state index contributed by atoms with van der Waals surface area (Å²) in [6.45, 7) is 1.86. The van der Waals surface area contributed by atoms with Gasteiger partial charge in [0.05, 0.1) is 12.2 Å². The summed E-state index contributed by atoms with van der Waals surface area (Å²) in [5.41, 5.74) is 1.12. The van der Waals surface area contributed by atoms with E-state index in [1.165, 1.54) is 6.20 Å². The second-order valence-corrected chi connectivity index (χ2v) is 3.98. The van der Waals surface area contributed by atoms with Crippen molar-refractivity contribution >= 4 is 17.5 Å². The van der Waals surface area contributed by atoms with Gasteiger partial charge in [-0.05, 0) is 18.6 Å². The number of carbonyl (C=O) groups is 1. The molecule has 1 amide bonds. The van der Waals surface area contributed by atoms with E-state index in [4.69, 9.17) is 11.6 Å². The van der Waals surface area contributed by atoms with Crippen molar-refractivity contribution in [2.24, 2.45) is 0 Å². The second-order valence-electron chi connectivity index (χ2n) is 3.57. The maximum absolute atomic E-state index is 11.7. The van der Waals surface area contributed by atoms with Crippen molar-refractivity contribution in [1.29, 1.82) is 0 Å². The lowest BCUT2D eigenvalue weighted by molar-refractivity contribution is 0.0935. The van der Waals surface area contributed by atoms with Crippen LogP contribution in [0, 0.1) is 0 Å². The number of amides is 1. The Balaban J connectivity index is 2.10. The maximum Gasteiger partial charge on any atom is 0.273 e. The first-order chi connectivity index (χ1) is 8.18. The van der Waals surface area contributed by atoms with Gasteiger partial charge in [0.2, 0.25) is 0 Å². The van der Waals surface area contributed by atoms with Crippen molar-refractivity contribution in [2.75, 3.05) is 0 Å². The molecule has 0 spiro atoms. The molecule has 0 saturated carbocycles. The predicted molar refractivity (Wildman–Crippen MR) is 63.7 cm³/mol. The largest absolute Gasteiger partial charge is 0.344 e. The van der Waals surface area contributed by atoms with Crippen molar-refractivity contribution in [3.8, 4) is 0 Å². The quantitative estimate of drug-likeness (QED) is 0.875. The normalized spacial score (nSPS) is 12.1. The van der Waals surface area contributed by atoms with E-state index in [-0.39, 0.29) is 17.6 Å². The number of aromatic amines is 1. The molecule has 88 valence electrons. The Hall–Kier alpha value is -1.88. The van der Waals surface area contributed by atoms with Crippen LogP contribution in [-0.2, 0) is 0 Å². The van der Waals surface area contributed by atoms with Crippen LogP contribution in [0.4, 0.5) is 0 Å². The van der Waals surface area contributed by atoms with Crippen molar-refractivity contribution < 1.29 is 4.79 Å². The lowest BCUT2D eigenvalue weighted by Crippen LogP contribution is -2.27. The molecule has 0 radical (unpaired) electrons. The van der Waals surface area contributed by atoms with Crippen molar-refractivity contribution in [3.05, 3.63) is 46.7 Å². The Kier molecular flexibility index (Phi) is 3.39. The number of nitrogens with zero attached hydrogens (tertiary/aromatic N) is 2. The summed E-state index contributed by atoms with van der Waals surface area (Å²) >= 11 is 6.04. The highest BCUT2D eigenvalue weighted by molar-refractivity contribution is 6.31. The Morgan fingerprint density at radius 1 is 1.47 bits per heavy atom. The summed E-state index contributed by atoms with van der Waals surface area (Å²) in [5.74, 6) is -0.286. The van der Waals surface area contributed by atoms with Crippen LogP contribution < -0.4 is 5.32 Å². The Morgan fingerprint density at radius 3 is 2.88 bits per heavy atom. The molecule has 2 aromatic rings. The van der Waals surface area contributed by atoms with E-state index in [0.717, 1.165) is 5.56 Å². The smallest absolute Gasteiger partial charge is 0.273 e. The van der Waals surface area contributed by atoms with Crippen molar-refractivity contribution in [1.82, 2.24) is 20.7 Å². The van der Waals surface area contributed by atoms with Gasteiger partial charge in [0.25, 0.3) is 5.91 Å². The first-order valence-corrected chi connectivity index (χ1v) is 5.47. The molecule has 0 aliphatic heterocycles. The lowest BCUT2D eigenvalue weighted by atomic mass is 10.1. The molecular formula is C11H11ClN4O. The van der Waals surface area contributed by atoms with E-state index < -0.39 is 0 Å². The predicted octanol–water partition coefficient (Wildman–Crippen LogP) is 1.95. The Labute approximate surface area is 103 Å². The SMILES string of the molecule is CC(NC(=O)c1cn[nH]n1)c1ccccc1Cl. The van der Waals surface area contributed by atoms with Crippen LogP contribution in [0.5, 0.6) is 0 Å². The van der Waals surface area contributed by atoms with E-state index in [2.05, 4.69) is 20.7 Å². The number of hydrogen-bond acceptors (Lipinski definition) is 3. The molecule has 1 atom stereocenters. The van der Waals surface area contributed by atoms with Crippen LogP contribution in [-0.4, -0.2) is 21.3 Å².